The number of carbonyl (C=O) groups is 5. The Bertz CT molecular complexity index is 2070. The number of rotatable bonds is 11. The lowest BCUT2D eigenvalue weighted by atomic mass is 9.81. The Labute approximate surface area is 296 Å². The van der Waals surface area contributed by atoms with E-state index in [0.29, 0.717) is 50.8 Å². The number of fused-ring (bicyclic) bond motifs is 1. The van der Waals surface area contributed by atoms with Crippen LogP contribution in [0.4, 0.5) is 14.9 Å². The average molecular weight is 715 g/mol. The lowest BCUT2D eigenvalue weighted by Gasteiger charge is -2.29. The second kappa shape index (κ2) is 15.5. The molecule has 2 fully saturated rings. The Kier molecular flexibility index (Phi) is 10.7. The van der Waals surface area contributed by atoms with Crippen molar-refractivity contribution < 1.29 is 37.9 Å². The van der Waals surface area contributed by atoms with Gasteiger partial charge in [0.1, 0.15) is 12.1 Å². The Morgan fingerprint density at radius 3 is 2.40 bits per heavy atom. The summed E-state index contributed by atoms with van der Waals surface area (Å²) >= 11 is 0. The van der Waals surface area contributed by atoms with E-state index in [-0.39, 0.29) is 52.8 Å². The Balaban J connectivity index is 1.16. The number of oxazole rings is 1. The van der Waals surface area contributed by atoms with Crippen LogP contribution in [-0.4, -0.2) is 65.0 Å². The highest BCUT2D eigenvalue weighted by Gasteiger charge is 2.30. The van der Waals surface area contributed by atoms with E-state index in [1.807, 2.05) is 37.3 Å². The van der Waals surface area contributed by atoms with E-state index >= 15 is 0 Å². The number of benzene rings is 3. The predicted octanol–water partition coefficient (Wildman–Crippen LogP) is 3.59. The molecule has 52 heavy (non-hydrogen) atoms. The zero-order valence-electron chi connectivity index (χ0n) is 28.3. The molecule has 7 N–H and O–H groups in total. The van der Waals surface area contributed by atoms with Crippen LogP contribution in [0.3, 0.4) is 0 Å². The summed E-state index contributed by atoms with van der Waals surface area (Å²) in [6, 6.07) is 13.5. The van der Waals surface area contributed by atoms with Gasteiger partial charge in [0.2, 0.25) is 17.7 Å². The van der Waals surface area contributed by atoms with Crippen molar-refractivity contribution in [2.24, 2.45) is 11.8 Å². The van der Waals surface area contributed by atoms with Gasteiger partial charge >= 0.3 is 11.8 Å². The molecule has 2 aliphatic rings. The predicted molar refractivity (Wildman–Crippen MR) is 188 cm³/mol. The molecule has 0 bridgehead atoms. The van der Waals surface area contributed by atoms with Crippen LogP contribution in [0, 0.1) is 24.6 Å². The smallest absolute Gasteiger partial charge is 0.417 e. The number of H-pyrrole nitrogens is 1. The maximum absolute atomic E-state index is 14.7. The van der Waals surface area contributed by atoms with E-state index in [0.717, 1.165) is 28.3 Å². The van der Waals surface area contributed by atoms with E-state index in [4.69, 9.17) is 9.52 Å². The summed E-state index contributed by atoms with van der Waals surface area (Å²) in [6.45, 7) is 2.72. The molecule has 0 unspecified atom stereocenters. The van der Waals surface area contributed by atoms with Crippen molar-refractivity contribution >= 4 is 46.5 Å². The highest BCUT2D eigenvalue weighted by Crippen LogP contribution is 2.29. The molecule has 1 aromatic heterocycles. The molecule has 5 amide bonds. The van der Waals surface area contributed by atoms with Gasteiger partial charge in [-0.2, -0.15) is 0 Å². The molecule has 1 saturated heterocycles. The normalized spacial score (nSPS) is 19.0. The minimum absolute atomic E-state index is 0.0622. The zero-order chi connectivity index (χ0) is 36.9. The van der Waals surface area contributed by atoms with Gasteiger partial charge in [-0.25, -0.2) is 14.0 Å². The Hall–Kier alpha value is -5.99. The standard InChI is InChI=1S/C37H39FN6O8/c1-19-14-24(33(46)42-28-12-13-39-34(28)47)10-11-26(19)22-6-2-20(3-7-22)15-30(43-32(45)23-8-4-21(5-9-23)18-40-36(49)50)35(48)41-25-16-27(38)31-29(17-25)44-37(51)52-31/h2-3,6-7,10-11,14,16-17,21,23,28,30,40H,4-5,8-9,12-13,15,18H2,1H3,(H,39,47)(H,41,48)(H,42,46)(H,43,45)(H,44,51)(H,49,50)/t21?,23?,28-,30-/m0/s1. The van der Waals surface area contributed by atoms with Crippen molar-refractivity contribution in [1.82, 2.24) is 26.3 Å². The molecule has 2 atom stereocenters. The van der Waals surface area contributed by atoms with Crippen molar-refractivity contribution in [1.29, 1.82) is 0 Å². The molecule has 272 valence electrons. The zero-order valence-corrected chi connectivity index (χ0v) is 28.3. The van der Waals surface area contributed by atoms with Crippen LogP contribution in [-0.2, 0) is 20.8 Å². The number of aromatic nitrogens is 1. The minimum atomic E-state index is -1.09. The summed E-state index contributed by atoms with van der Waals surface area (Å²) in [5, 5.41) is 22.3. The number of amides is 5. The van der Waals surface area contributed by atoms with E-state index < -0.39 is 35.7 Å². The minimum Gasteiger partial charge on any atom is -0.465 e. The summed E-state index contributed by atoms with van der Waals surface area (Å²) in [4.78, 5) is 76.6. The molecule has 4 aromatic rings. The number of carboxylic acid groups (broad SMARTS) is 1. The van der Waals surface area contributed by atoms with Gasteiger partial charge in [-0.3, -0.25) is 24.2 Å². The van der Waals surface area contributed by atoms with Gasteiger partial charge < -0.3 is 36.1 Å². The van der Waals surface area contributed by atoms with E-state index in [9.17, 15) is 33.2 Å². The second-order valence-corrected chi connectivity index (χ2v) is 13.3. The fourth-order valence-corrected chi connectivity index (χ4v) is 6.84. The molecule has 1 aliphatic carbocycles. The summed E-state index contributed by atoms with van der Waals surface area (Å²) in [5.74, 6) is -3.37. The summed E-state index contributed by atoms with van der Waals surface area (Å²) in [7, 11) is 0. The first-order valence-corrected chi connectivity index (χ1v) is 17.1. The molecule has 0 spiro atoms. The first-order valence-electron chi connectivity index (χ1n) is 17.1. The fraction of sp³-hybridized carbons (Fsp3) is 0.351. The van der Waals surface area contributed by atoms with Crippen molar-refractivity contribution in [3.8, 4) is 11.1 Å². The number of carbonyl (C=O) groups excluding carboxylic acids is 4. The number of halogens is 1. The van der Waals surface area contributed by atoms with Gasteiger partial charge in [-0.1, -0.05) is 30.3 Å². The number of anilines is 1. The van der Waals surface area contributed by atoms with Crippen LogP contribution >= 0.6 is 0 Å². The van der Waals surface area contributed by atoms with Crippen LogP contribution in [0.25, 0.3) is 22.2 Å². The Morgan fingerprint density at radius 2 is 1.73 bits per heavy atom. The second-order valence-electron chi connectivity index (χ2n) is 13.3. The molecule has 3 aromatic carbocycles. The van der Waals surface area contributed by atoms with Crippen molar-refractivity contribution in [2.45, 2.75) is 57.5 Å². The lowest BCUT2D eigenvalue weighted by molar-refractivity contribution is -0.130. The largest absolute Gasteiger partial charge is 0.465 e. The fourth-order valence-electron chi connectivity index (χ4n) is 6.84. The number of hydrogen-bond acceptors (Lipinski definition) is 7. The third-order valence-corrected chi connectivity index (χ3v) is 9.68. The van der Waals surface area contributed by atoms with Crippen LogP contribution in [0.2, 0.25) is 0 Å². The van der Waals surface area contributed by atoms with Crippen LogP contribution < -0.4 is 32.3 Å². The number of hydrogen-bond donors (Lipinski definition) is 7. The van der Waals surface area contributed by atoms with Crippen molar-refractivity contribution in [3.05, 3.63) is 87.7 Å². The quantitative estimate of drug-likeness (QED) is 0.122. The molecule has 1 aliphatic heterocycles. The van der Waals surface area contributed by atoms with Crippen LogP contribution in [0.15, 0.2) is 63.8 Å². The van der Waals surface area contributed by atoms with Gasteiger partial charge in [0.25, 0.3) is 5.91 Å². The first-order chi connectivity index (χ1) is 24.9. The van der Waals surface area contributed by atoms with Gasteiger partial charge in [0, 0.05) is 42.7 Å². The number of aromatic amines is 1. The van der Waals surface area contributed by atoms with E-state index in [1.54, 1.807) is 12.1 Å². The van der Waals surface area contributed by atoms with Crippen LogP contribution in [0.1, 0.15) is 53.6 Å². The van der Waals surface area contributed by atoms with Gasteiger partial charge in [0.05, 0.1) is 5.52 Å². The van der Waals surface area contributed by atoms with Crippen molar-refractivity contribution in [2.75, 3.05) is 18.4 Å². The first kappa shape index (κ1) is 35.8. The summed E-state index contributed by atoms with van der Waals surface area (Å²) in [6.07, 6.45) is 1.93. The summed E-state index contributed by atoms with van der Waals surface area (Å²) in [5.41, 5.74) is 3.62. The van der Waals surface area contributed by atoms with Crippen molar-refractivity contribution in [3.63, 3.8) is 0 Å². The monoisotopic (exact) mass is 714 g/mol. The van der Waals surface area contributed by atoms with E-state index in [2.05, 4.69) is 31.6 Å². The molecule has 0 radical (unpaired) electrons. The highest BCUT2D eigenvalue weighted by atomic mass is 19.1. The lowest BCUT2D eigenvalue weighted by Crippen LogP contribution is -2.48. The van der Waals surface area contributed by atoms with Crippen LogP contribution in [0.5, 0.6) is 0 Å². The highest BCUT2D eigenvalue weighted by molar-refractivity contribution is 5.99. The third-order valence-electron chi connectivity index (χ3n) is 9.68. The maximum Gasteiger partial charge on any atom is 0.417 e. The van der Waals surface area contributed by atoms with Gasteiger partial charge in [0.15, 0.2) is 11.4 Å². The Morgan fingerprint density at radius 1 is 0.981 bits per heavy atom. The van der Waals surface area contributed by atoms with E-state index in [1.165, 1.54) is 6.07 Å². The van der Waals surface area contributed by atoms with Gasteiger partial charge in [-0.05, 0) is 85.4 Å². The molecule has 2 heterocycles. The SMILES string of the molecule is Cc1cc(C(=O)N[C@H]2CCNC2=O)ccc1-c1ccc(C[C@H](NC(=O)C2CCC(CNC(=O)O)CC2)C(=O)Nc2cc(F)c3oc(=O)[nH]c3c2)cc1. The molecule has 6 rings (SSSR count). The summed E-state index contributed by atoms with van der Waals surface area (Å²) < 4.78 is 19.5. The third kappa shape index (κ3) is 8.48. The topological polar surface area (TPSA) is 212 Å². The van der Waals surface area contributed by atoms with Gasteiger partial charge in [-0.15, -0.1) is 0 Å². The molecule has 14 nitrogen and oxygen atoms in total. The molecular formula is C37H39FN6O8. The number of aryl methyl sites for hydroxylation is 1. The number of nitrogens with one attached hydrogen (secondary N) is 6. The molecule has 15 heteroatoms. The molecule has 1 saturated carbocycles. The average Bonchev–Trinajstić information content (AvgIpc) is 3.71. The molecular weight excluding hydrogens is 675 g/mol. The maximum atomic E-state index is 14.7.